The van der Waals surface area contributed by atoms with Gasteiger partial charge in [0.1, 0.15) is 11.7 Å². The van der Waals surface area contributed by atoms with Gasteiger partial charge in [-0.25, -0.2) is 10.4 Å². The lowest BCUT2D eigenvalue weighted by atomic mass is 9.91. The molecule has 106 valence electrons. The van der Waals surface area contributed by atoms with Crippen molar-refractivity contribution in [2.24, 2.45) is 5.92 Å². The highest BCUT2D eigenvalue weighted by Crippen LogP contribution is 2.32. The minimum Gasteiger partial charge on any atom is -0.299 e. The highest BCUT2D eigenvalue weighted by Gasteiger charge is 2.44. The van der Waals surface area contributed by atoms with Gasteiger partial charge in [0, 0.05) is 0 Å². The minimum absolute atomic E-state index is 0.125. The van der Waals surface area contributed by atoms with E-state index in [0.717, 1.165) is 11.3 Å². The molecule has 1 fully saturated rings. The third-order valence-electron chi connectivity index (χ3n) is 3.70. The molecular formula is C17H16N2O2. The fourth-order valence-electron chi connectivity index (χ4n) is 2.67. The first-order valence-electron chi connectivity index (χ1n) is 6.89. The number of anilines is 1. The second kappa shape index (κ2) is 5.50. The molecule has 1 amide bonds. The van der Waals surface area contributed by atoms with Gasteiger partial charge in [-0.2, -0.15) is 0 Å². The summed E-state index contributed by atoms with van der Waals surface area (Å²) >= 11 is 0. The third kappa shape index (κ3) is 2.45. The highest BCUT2D eigenvalue weighted by atomic mass is 16.2. The number of benzene rings is 2. The number of hydrogen-bond donors (Lipinski definition) is 1. The Labute approximate surface area is 123 Å². The highest BCUT2D eigenvalue weighted by molar-refractivity contribution is 6.09. The Morgan fingerprint density at radius 3 is 2.14 bits per heavy atom. The smallest absolute Gasteiger partial charge is 0.253 e. The fourth-order valence-corrected chi connectivity index (χ4v) is 2.67. The first-order chi connectivity index (χ1) is 10.2. The van der Waals surface area contributed by atoms with Gasteiger partial charge in [0.25, 0.3) is 5.91 Å². The number of Topliss-reactive ketones (excluding diaryl/α,β-unsaturated/α-hetero) is 1. The molecular weight excluding hydrogens is 264 g/mol. The summed E-state index contributed by atoms with van der Waals surface area (Å²) < 4.78 is 0. The molecule has 21 heavy (non-hydrogen) atoms. The maximum absolute atomic E-state index is 12.6. The van der Waals surface area contributed by atoms with Gasteiger partial charge >= 0.3 is 0 Å². The van der Waals surface area contributed by atoms with Gasteiger partial charge < -0.3 is 0 Å². The molecule has 0 bridgehead atoms. The molecule has 0 aromatic heterocycles. The zero-order chi connectivity index (χ0) is 14.8. The number of carbonyl (C=O) groups excluding carboxylic acids is 2. The molecule has 0 unspecified atom stereocenters. The maximum atomic E-state index is 12.6. The number of carbonyl (C=O) groups is 2. The number of para-hydroxylation sites is 1. The Balaban J connectivity index is 1.98. The van der Waals surface area contributed by atoms with E-state index in [1.807, 2.05) is 60.7 Å². The van der Waals surface area contributed by atoms with Crippen LogP contribution in [0.5, 0.6) is 0 Å². The van der Waals surface area contributed by atoms with E-state index in [1.165, 1.54) is 11.9 Å². The summed E-state index contributed by atoms with van der Waals surface area (Å²) in [6.45, 7) is 1.47. The van der Waals surface area contributed by atoms with Gasteiger partial charge in [-0.15, -0.1) is 0 Å². The summed E-state index contributed by atoms with van der Waals surface area (Å²) in [5.74, 6) is -1.02. The van der Waals surface area contributed by atoms with Gasteiger partial charge in [-0.1, -0.05) is 48.5 Å². The van der Waals surface area contributed by atoms with Crippen molar-refractivity contribution in [3.8, 4) is 0 Å². The molecule has 0 radical (unpaired) electrons. The van der Waals surface area contributed by atoms with E-state index in [-0.39, 0.29) is 17.7 Å². The van der Waals surface area contributed by atoms with Crippen molar-refractivity contribution >= 4 is 17.4 Å². The number of hydrazine groups is 1. The van der Waals surface area contributed by atoms with Gasteiger partial charge in [-0.05, 0) is 24.6 Å². The standard InChI is InChI=1S/C17H16N2O2/c1-12(20)15-16(13-8-4-2-5-9-13)18-19(17(15)21)14-10-6-3-7-11-14/h2-11,15-16,18H,1H3/t15-,16-/m1/s1. The summed E-state index contributed by atoms with van der Waals surface area (Å²) in [5, 5.41) is 1.48. The molecule has 2 atom stereocenters. The molecule has 1 aliphatic heterocycles. The lowest BCUT2D eigenvalue weighted by Crippen LogP contribution is -2.35. The van der Waals surface area contributed by atoms with Crippen LogP contribution in [0.2, 0.25) is 0 Å². The van der Waals surface area contributed by atoms with Crippen LogP contribution in [0.1, 0.15) is 18.5 Å². The average molecular weight is 280 g/mol. The van der Waals surface area contributed by atoms with Gasteiger partial charge in [0.15, 0.2) is 0 Å². The molecule has 3 rings (SSSR count). The molecule has 1 aliphatic rings. The average Bonchev–Trinajstić information content (AvgIpc) is 2.87. The SMILES string of the molecule is CC(=O)[C@H]1C(=O)N(c2ccccc2)N[C@@H]1c1ccccc1. The van der Waals surface area contributed by atoms with Crippen LogP contribution in [-0.2, 0) is 9.59 Å². The van der Waals surface area contributed by atoms with Gasteiger partial charge in [0.05, 0.1) is 11.7 Å². The Hall–Kier alpha value is -2.46. The quantitative estimate of drug-likeness (QED) is 0.879. The molecule has 4 heteroatoms. The predicted molar refractivity (Wildman–Crippen MR) is 80.4 cm³/mol. The monoisotopic (exact) mass is 280 g/mol. The van der Waals surface area contributed by atoms with Crippen molar-refractivity contribution in [1.82, 2.24) is 5.43 Å². The minimum atomic E-state index is -0.687. The molecule has 1 N–H and O–H groups in total. The van der Waals surface area contributed by atoms with E-state index in [1.54, 1.807) is 0 Å². The maximum Gasteiger partial charge on any atom is 0.253 e. The van der Waals surface area contributed by atoms with Crippen LogP contribution < -0.4 is 10.4 Å². The number of nitrogens with zero attached hydrogens (tertiary/aromatic N) is 1. The molecule has 2 aromatic carbocycles. The predicted octanol–water partition coefficient (Wildman–Crippen LogP) is 2.48. The number of ketones is 1. The van der Waals surface area contributed by atoms with Crippen LogP contribution in [0.3, 0.4) is 0 Å². The van der Waals surface area contributed by atoms with Crippen LogP contribution in [0.15, 0.2) is 60.7 Å². The van der Waals surface area contributed by atoms with E-state index in [0.29, 0.717) is 0 Å². The van der Waals surface area contributed by atoms with Gasteiger partial charge in [-0.3, -0.25) is 9.59 Å². The van der Waals surface area contributed by atoms with Crippen molar-refractivity contribution in [2.45, 2.75) is 13.0 Å². The van der Waals surface area contributed by atoms with Gasteiger partial charge in [0.2, 0.25) is 0 Å². The summed E-state index contributed by atoms with van der Waals surface area (Å²) in [4.78, 5) is 24.5. The summed E-state index contributed by atoms with van der Waals surface area (Å²) in [7, 11) is 0. The van der Waals surface area contributed by atoms with E-state index < -0.39 is 5.92 Å². The molecule has 2 aromatic rings. The van der Waals surface area contributed by atoms with Crippen LogP contribution in [0.25, 0.3) is 0 Å². The second-order valence-corrected chi connectivity index (χ2v) is 5.11. The summed E-state index contributed by atoms with van der Waals surface area (Å²) in [6, 6.07) is 18.6. The molecule has 1 saturated heterocycles. The molecule has 0 aliphatic carbocycles. The number of amides is 1. The van der Waals surface area contributed by atoms with Crippen molar-refractivity contribution in [1.29, 1.82) is 0 Å². The number of nitrogens with one attached hydrogen (secondary N) is 1. The topological polar surface area (TPSA) is 49.4 Å². The normalized spacial score (nSPS) is 21.6. The third-order valence-corrected chi connectivity index (χ3v) is 3.70. The molecule has 0 spiro atoms. The van der Waals surface area contributed by atoms with E-state index >= 15 is 0 Å². The Morgan fingerprint density at radius 1 is 1.00 bits per heavy atom. The second-order valence-electron chi connectivity index (χ2n) is 5.11. The van der Waals surface area contributed by atoms with Crippen LogP contribution in [0, 0.1) is 5.92 Å². The van der Waals surface area contributed by atoms with Crippen molar-refractivity contribution < 1.29 is 9.59 Å². The van der Waals surface area contributed by atoms with Crippen LogP contribution in [0.4, 0.5) is 5.69 Å². The van der Waals surface area contributed by atoms with E-state index in [4.69, 9.17) is 0 Å². The molecule has 0 saturated carbocycles. The van der Waals surface area contributed by atoms with Crippen LogP contribution in [-0.4, -0.2) is 11.7 Å². The number of rotatable bonds is 3. The lowest BCUT2D eigenvalue weighted by Gasteiger charge is -2.18. The van der Waals surface area contributed by atoms with E-state index in [2.05, 4.69) is 5.43 Å². The molecule has 4 nitrogen and oxygen atoms in total. The Bertz CT molecular complexity index is 655. The summed E-state index contributed by atoms with van der Waals surface area (Å²) in [6.07, 6.45) is 0. The largest absolute Gasteiger partial charge is 0.299 e. The van der Waals surface area contributed by atoms with Crippen molar-refractivity contribution in [3.05, 3.63) is 66.2 Å². The fraction of sp³-hybridized carbons (Fsp3) is 0.176. The first-order valence-corrected chi connectivity index (χ1v) is 6.89. The van der Waals surface area contributed by atoms with E-state index in [9.17, 15) is 9.59 Å². The van der Waals surface area contributed by atoms with Crippen molar-refractivity contribution in [2.75, 3.05) is 5.01 Å². The Kier molecular flexibility index (Phi) is 3.54. The summed E-state index contributed by atoms with van der Waals surface area (Å²) in [5.41, 5.74) is 4.85. The first kappa shape index (κ1) is 13.5. The zero-order valence-electron chi connectivity index (χ0n) is 11.7. The van der Waals surface area contributed by atoms with Crippen molar-refractivity contribution in [3.63, 3.8) is 0 Å². The van der Waals surface area contributed by atoms with Crippen LogP contribution >= 0.6 is 0 Å². The zero-order valence-corrected chi connectivity index (χ0v) is 11.7. The Morgan fingerprint density at radius 2 is 1.57 bits per heavy atom. The lowest BCUT2D eigenvalue weighted by molar-refractivity contribution is -0.129. The molecule has 1 heterocycles. The number of hydrogen-bond acceptors (Lipinski definition) is 3.